The molecule has 1 aliphatic rings. The van der Waals surface area contributed by atoms with E-state index in [9.17, 15) is 9.18 Å². The molecule has 1 N–H and O–H groups in total. The van der Waals surface area contributed by atoms with Crippen molar-refractivity contribution >= 4 is 17.5 Å². The van der Waals surface area contributed by atoms with Crippen molar-refractivity contribution in [1.82, 2.24) is 24.8 Å². The molecule has 8 heteroatoms. The summed E-state index contributed by atoms with van der Waals surface area (Å²) in [5.74, 6) is 1.49. The van der Waals surface area contributed by atoms with Gasteiger partial charge in [0.2, 0.25) is 5.91 Å². The minimum absolute atomic E-state index is 0.185. The first-order valence-electron chi connectivity index (χ1n) is 10.5. The first-order valence-corrected chi connectivity index (χ1v) is 10.5. The molecule has 7 nitrogen and oxygen atoms in total. The number of benzene rings is 1. The SMILES string of the molecule is O=C(CCCc1ccc(F)cc1)N1CCC(c2cncc(Nc3cnccn3)n2)CC1. The van der Waals surface area contributed by atoms with E-state index in [4.69, 9.17) is 0 Å². The third-order valence-corrected chi connectivity index (χ3v) is 5.51. The smallest absolute Gasteiger partial charge is 0.222 e. The van der Waals surface area contributed by atoms with Gasteiger partial charge in [-0.05, 0) is 43.4 Å². The van der Waals surface area contributed by atoms with E-state index in [0.717, 1.165) is 50.0 Å². The lowest BCUT2D eigenvalue weighted by molar-refractivity contribution is -0.132. The van der Waals surface area contributed by atoms with Gasteiger partial charge in [0.1, 0.15) is 17.5 Å². The second-order valence-electron chi connectivity index (χ2n) is 7.68. The van der Waals surface area contributed by atoms with Crippen LogP contribution in [0.25, 0.3) is 0 Å². The van der Waals surface area contributed by atoms with Crippen LogP contribution in [0, 0.1) is 5.82 Å². The highest BCUT2D eigenvalue weighted by molar-refractivity contribution is 5.76. The standard InChI is InChI=1S/C23H25FN6O/c24-19-6-4-17(5-7-19)2-1-3-23(31)30-12-8-18(9-13-30)20-14-26-16-22(28-20)29-21-15-25-10-11-27-21/h4-7,10-11,14-16,18H,1-3,8-9,12-13H2,(H,27,28,29). The third kappa shape index (κ3) is 5.81. The monoisotopic (exact) mass is 420 g/mol. The Balaban J connectivity index is 1.25. The Morgan fingerprint density at radius 3 is 2.55 bits per heavy atom. The molecule has 1 aliphatic heterocycles. The van der Waals surface area contributed by atoms with Gasteiger partial charge in [0, 0.05) is 44.0 Å². The molecular formula is C23H25FN6O. The summed E-state index contributed by atoms with van der Waals surface area (Å²) >= 11 is 0. The van der Waals surface area contributed by atoms with Gasteiger partial charge < -0.3 is 10.2 Å². The Hall–Kier alpha value is -3.42. The maximum Gasteiger partial charge on any atom is 0.222 e. The highest BCUT2D eigenvalue weighted by Crippen LogP contribution is 2.27. The highest BCUT2D eigenvalue weighted by atomic mass is 19.1. The maximum absolute atomic E-state index is 13.0. The molecule has 0 aliphatic carbocycles. The number of amides is 1. The number of carbonyl (C=O) groups is 1. The van der Waals surface area contributed by atoms with Gasteiger partial charge >= 0.3 is 0 Å². The van der Waals surface area contributed by atoms with Crippen molar-refractivity contribution in [2.45, 2.75) is 38.0 Å². The number of piperidine rings is 1. The molecule has 4 rings (SSSR count). The van der Waals surface area contributed by atoms with Crippen molar-refractivity contribution in [2.24, 2.45) is 0 Å². The number of aryl methyl sites for hydroxylation is 1. The van der Waals surface area contributed by atoms with Crippen LogP contribution in [0.15, 0.2) is 55.2 Å². The van der Waals surface area contributed by atoms with Crippen molar-refractivity contribution in [1.29, 1.82) is 0 Å². The Morgan fingerprint density at radius 2 is 1.81 bits per heavy atom. The minimum Gasteiger partial charge on any atom is -0.343 e. The second-order valence-corrected chi connectivity index (χ2v) is 7.68. The van der Waals surface area contributed by atoms with Crippen LogP contribution in [-0.4, -0.2) is 43.8 Å². The first-order chi connectivity index (χ1) is 15.2. The third-order valence-electron chi connectivity index (χ3n) is 5.51. The molecule has 1 fully saturated rings. The fourth-order valence-corrected chi connectivity index (χ4v) is 3.81. The van der Waals surface area contributed by atoms with Crippen molar-refractivity contribution in [3.63, 3.8) is 0 Å². The van der Waals surface area contributed by atoms with E-state index in [1.54, 1.807) is 43.1 Å². The fourth-order valence-electron chi connectivity index (χ4n) is 3.81. The Morgan fingerprint density at radius 1 is 1.03 bits per heavy atom. The molecule has 0 bridgehead atoms. The average Bonchev–Trinajstić information content (AvgIpc) is 2.81. The summed E-state index contributed by atoms with van der Waals surface area (Å²) in [6.45, 7) is 1.45. The van der Waals surface area contributed by atoms with E-state index >= 15 is 0 Å². The van der Waals surface area contributed by atoms with Gasteiger partial charge in [-0.1, -0.05) is 12.1 Å². The molecule has 3 heterocycles. The van der Waals surface area contributed by atoms with Gasteiger partial charge in [-0.15, -0.1) is 0 Å². The number of aromatic nitrogens is 4. The van der Waals surface area contributed by atoms with Gasteiger partial charge in [0.15, 0.2) is 0 Å². The predicted molar refractivity (Wildman–Crippen MR) is 115 cm³/mol. The number of nitrogens with zero attached hydrogens (tertiary/aromatic N) is 5. The minimum atomic E-state index is -0.234. The quantitative estimate of drug-likeness (QED) is 0.625. The lowest BCUT2D eigenvalue weighted by Crippen LogP contribution is -2.38. The summed E-state index contributed by atoms with van der Waals surface area (Å²) in [6.07, 6.45) is 12.1. The van der Waals surface area contributed by atoms with E-state index < -0.39 is 0 Å². The van der Waals surface area contributed by atoms with Gasteiger partial charge in [0.25, 0.3) is 0 Å². The number of carbonyl (C=O) groups excluding carboxylic acids is 1. The zero-order valence-corrected chi connectivity index (χ0v) is 17.2. The molecule has 31 heavy (non-hydrogen) atoms. The van der Waals surface area contributed by atoms with E-state index in [2.05, 4.69) is 25.3 Å². The molecule has 0 radical (unpaired) electrons. The van der Waals surface area contributed by atoms with Crippen LogP contribution in [0.2, 0.25) is 0 Å². The molecule has 3 aromatic rings. The fraction of sp³-hybridized carbons (Fsp3) is 0.348. The van der Waals surface area contributed by atoms with Gasteiger partial charge in [0.05, 0.1) is 18.1 Å². The molecule has 0 unspecified atom stereocenters. The van der Waals surface area contributed by atoms with Crippen molar-refractivity contribution < 1.29 is 9.18 Å². The number of nitrogens with one attached hydrogen (secondary N) is 1. The van der Waals surface area contributed by atoms with E-state index in [0.29, 0.717) is 18.1 Å². The Kier molecular flexibility index (Phi) is 6.76. The molecule has 160 valence electrons. The number of likely N-dealkylation sites (tertiary alicyclic amines) is 1. The predicted octanol–water partition coefficient (Wildman–Crippen LogP) is 3.88. The van der Waals surface area contributed by atoms with Gasteiger partial charge in [-0.3, -0.25) is 14.8 Å². The second kappa shape index (κ2) is 10.1. The Bertz CT molecular complexity index is 990. The van der Waals surface area contributed by atoms with E-state index in [-0.39, 0.29) is 17.6 Å². The van der Waals surface area contributed by atoms with Crippen LogP contribution in [0.5, 0.6) is 0 Å². The Labute approximate surface area is 180 Å². The molecular weight excluding hydrogens is 395 g/mol. The average molecular weight is 420 g/mol. The highest BCUT2D eigenvalue weighted by Gasteiger charge is 2.24. The summed E-state index contributed by atoms with van der Waals surface area (Å²) in [5, 5.41) is 3.12. The summed E-state index contributed by atoms with van der Waals surface area (Å²) in [4.78, 5) is 31.7. The number of hydrogen-bond acceptors (Lipinski definition) is 6. The maximum atomic E-state index is 13.0. The van der Waals surface area contributed by atoms with Crippen LogP contribution in [0.4, 0.5) is 16.0 Å². The van der Waals surface area contributed by atoms with Crippen molar-refractivity contribution in [3.05, 3.63) is 72.3 Å². The summed E-state index contributed by atoms with van der Waals surface area (Å²) in [6, 6.07) is 6.48. The normalized spacial score (nSPS) is 14.4. The molecule has 0 atom stereocenters. The van der Waals surface area contributed by atoms with Crippen LogP contribution >= 0.6 is 0 Å². The molecule has 1 aromatic carbocycles. The molecule has 2 aromatic heterocycles. The molecule has 0 spiro atoms. The molecule has 1 saturated heterocycles. The largest absolute Gasteiger partial charge is 0.343 e. The van der Waals surface area contributed by atoms with Crippen LogP contribution in [-0.2, 0) is 11.2 Å². The zero-order chi connectivity index (χ0) is 21.5. The van der Waals surface area contributed by atoms with Crippen molar-refractivity contribution in [2.75, 3.05) is 18.4 Å². The van der Waals surface area contributed by atoms with Gasteiger partial charge in [-0.2, -0.15) is 0 Å². The van der Waals surface area contributed by atoms with Crippen molar-refractivity contribution in [3.8, 4) is 0 Å². The van der Waals surface area contributed by atoms with Crippen LogP contribution in [0.1, 0.15) is 42.9 Å². The molecule has 1 amide bonds. The lowest BCUT2D eigenvalue weighted by atomic mass is 9.93. The van der Waals surface area contributed by atoms with E-state index in [1.165, 1.54) is 12.1 Å². The topological polar surface area (TPSA) is 83.9 Å². The summed E-state index contributed by atoms with van der Waals surface area (Å²) < 4.78 is 13.0. The van der Waals surface area contributed by atoms with Gasteiger partial charge in [-0.25, -0.2) is 14.4 Å². The number of halogens is 1. The molecule has 0 saturated carbocycles. The van der Waals surface area contributed by atoms with E-state index in [1.807, 2.05) is 4.90 Å². The summed E-state index contributed by atoms with van der Waals surface area (Å²) in [5.41, 5.74) is 1.98. The first kappa shape index (κ1) is 20.8. The number of rotatable bonds is 7. The summed E-state index contributed by atoms with van der Waals surface area (Å²) in [7, 11) is 0. The lowest BCUT2D eigenvalue weighted by Gasteiger charge is -2.31. The van der Waals surface area contributed by atoms with Crippen LogP contribution < -0.4 is 5.32 Å². The zero-order valence-electron chi connectivity index (χ0n) is 17.2. The van der Waals surface area contributed by atoms with Crippen LogP contribution in [0.3, 0.4) is 0 Å². The number of anilines is 2. The number of hydrogen-bond donors (Lipinski definition) is 1.